The number of carbonyl (C=O) groups is 2. The van der Waals surface area contributed by atoms with Crippen molar-refractivity contribution < 1.29 is 14.3 Å². The number of hydrazone groups is 1. The van der Waals surface area contributed by atoms with Gasteiger partial charge in [0.15, 0.2) is 6.61 Å². The Balaban J connectivity index is 1.42. The molecule has 3 aromatic rings. The number of nitrogens with one attached hydrogen (secondary N) is 2. The Hall–Kier alpha value is -3.29. The number of halogens is 1. The molecule has 32 heavy (non-hydrogen) atoms. The van der Waals surface area contributed by atoms with Gasteiger partial charge in [0, 0.05) is 15.6 Å². The molecule has 164 valence electrons. The standard InChI is InChI=1S/C24H22ClN3O3S/c1-17(32-22-8-3-2-4-9-22)24(30)28-26-15-18-10-12-21(13-11-18)31-16-23(29)27-20-7-5-6-19(25)14-20/h2-15,17H,16H2,1H3,(H,27,29)(H,28,30)/b26-15-/t17-/m1/s1. The van der Waals surface area contributed by atoms with Crippen molar-refractivity contribution in [3.63, 3.8) is 0 Å². The maximum Gasteiger partial charge on any atom is 0.262 e. The molecule has 0 unspecified atom stereocenters. The van der Waals surface area contributed by atoms with Crippen LogP contribution >= 0.6 is 23.4 Å². The molecular formula is C24H22ClN3O3S. The Labute approximate surface area is 196 Å². The molecule has 0 aliphatic carbocycles. The highest BCUT2D eigenvalue weighted by atomic mass is 35.5. The first-order valence-electron chi connectivity index (χ1n) is 9.82. The van der Waals surface area contributed by atoms with Crippen LogP contribution in [0.15, 0.2) is 88.9 Å². The van der Waals surface area contributed by atoms with Crippen LogP contribution in [-0.2, 0) is 9.59 Å². The smallest absolute Gasteiger partial charge is 0.262 e. The largest absolute Gasteiger partial charge is 0.484 e. The van der Waals surface area contributed by atoms with Crippen molar-refractivity contribution in [1.29, 1.82) is 0 Å². The van der Waals surface area contributed by atoms with Gasteiger partial charge in [-0.1, -0.05) is 35.9 Å². The highest BCUT2D eigenvalue weighted by molar-refractivity contribution is 8.00. The minimum Gasteiger partial charge on any atom is -0.484 e. The van der Waals surface area contributed by atoms with Crippen LogP contribution in [0, 0.1) is 0 Å². The molecule has 0 heterocycles. The van der Waals surface area contributed by atoms with E-state index in [1.54, 1.807) is 54.7 Å². The number of rotatable bonds is 9. The predicted octanol–water partition coefficient (Wildman–Crippen LogP) is 4.99. The number of nitrogens with zero attached hydrogens (tertiary/aromatic N) is 1. The SMILES string of the molecule is C[C@@H](Sc1ccccc1)C(=O)N/N=C\c1ccc(OCC(=O)Nc2cccc(Cl)c2)cc1. The van der Waals surface area contributed by atoms with Crippen molar-refractivity contribution in [3.05, 3.63) is 89.4 Å². The fourth-order valence-corrected chi connectivity index (χ4v) is 3.65. The molecule has 6 nitrogen and oxygen atoms in total. The fourth-order valence-electron chi connectivity index (χ4n) is 2.58. The molecule has 0 aromatic heterocycles. The van der Waals surface area contributed by atoms with Crippen molar-refractivity contribution >= 4 is 47.1 Å². The molecule has 0 bridgehead atoms. The van der Waals surface area contributed by atoms with E-state index < -0.39 is 0 Å². The molecular weight excluding hydrogens is 446 g/mol. The zero-order valence-electron chi connectivity index (χ0n) is 17.3. The Bertz CT molecular complexity index is 1080. The van der Waals surface area contributed by atoms with Gasteiger partial charge in [-0.15, -0.1) is 11.8 Å². The van der Waals surface area contributed by atoms with Crippen LogP contribution in [0.1, 0.15) is 12.5 Å². The molecule has 0 radical (unpaired) electrons. The van der Waals surface area contributed by atoms with Crippen molar-refractivity contribution in [2.75, 3.05) is 11.9 Å². The number of thioether (sulfide) groups is 1. The van der Waals surface area contributed by atoms with Gasteiger partial charge in [-0.25, -0.2) is 5.43 Å². The summed E-state index contributed by atoms with van der Waals surface area (Å²) in [5.41, 5.74) is 3.94. The van der Waals surface area contributed by atoms with Gasteiger partial charge in [0.2, 0.25) is 0 Å². The molecule has 2 N–H and O–H groups in total. The summed E-state index contributed by atoms with van der Waals surface area (Å²) in [7, 11) is 0. The lowest BCUT2D eigenvalue weighted by Crippen LogP contribution is -2.26. The van der Waals surface area contributed by atoms with E-state index >= 15 is 0 Å². The van der Waals surface area contributed by atoms with Gasteiger partial charge in [0.05, 0.1) is 11.5 Å². The monoisotopic (exact) mass is 467 g/mol. The predicted molar refractivity (Wildman–Crippen MR) is 130 cm³/mol. The lowest BCUT2D eigenvalue weighted by atomic mass is 10.2. The Morgan fingerprint density at radius 1 is 1.06 bits per heavy atom. The number of hydrogen-bond acceptors (Lipinski definition) is 5. The second kappa shape index (κ2) is 11.9. The minimum absolute atomic E-state index is 0.132. The Kier molecular flexibility index (Phi) is 8.71. The Morgan fingerprint density at radius 2 is 1.81 bits per heavy atom. The normalized spacial score (nSPS) is 11.7. The Morgan fingerprint density at radius 3 is 2.53 bits per heavy atom. The summed E-state index contributed by atoms with van der Waals surface area (Å²) >= 11 is 7.37. The van der Waals surface area contributed by atoms with Crippen LogP contribution in [0.3, 0.4) is 0 Å². The molecule has 0 aliphatic rings. The van der Waals surface area contributed by atoms with Gasteiger partial charge in [0.25, 0.3) is 11.8 Å². The quantitative estimate of drug-likeness (QED) is 0.264. The molecule has 3 rings (SSSR count). The second-order valence-electron chi connectivity index (χ2n) is 6.72. The van der Waals surface area contributed by atoms with E-state index in [0.29, 0.717) is 16.5 Å². The van der Waals surface area contributed by atoms with Gasteiger partial charge in [-0.2, -0.15) is 5.10 Å². The first kappa shape index (κ1) is 23.4. The summed E-state index contributed by atoms with van der Waals surface area (Å²) in [5.74, 6) is 0.0733. The van der Waals surface area contributed by atoms with Crippen molar-refractivity contribution in [1.82, 2.24) is 5.43 Å². The van der Waals surface area contributed by atoms with Crippen molar-refractivity contribution in [3.8, 4) is 5.75 Å². The maximum atomic E-state index is 12.2. The van der Waals surface area contributed by atoms with Gasteiger partial charge in [-0.3, -0.25) is 9.59 Å². The zero-order valence-corrected chi connectivity index (χ0v) is 18.9. The summed E-state index contributed by atoms with van der Waals surface area (Å²) in [4.78, 5) is 25.2. The topological polar surface area (TPSA) is 79.8 Å². The van der Waals surface area contributed by atoms with Crippen molar-refractivity contribution in [2.45, 2.75) is 17.1 Å². The van der Waals surface area contributed by atoms with Gasteiger partial charge in [0.1, 0.15) is 5.75 Å². The number of ether oxygens (including phenoxy) is 1. The van der Waals surface area contributed by atoms with Gasteiger partial charge < -0.3 is 10.1 Å². The van der Waals surface area contributed by atoms with E-state index in [9.17, 15) is 9.59 Å². The summed E-state index contributed by atoms with van der Waals surface area (Å²) in [5, 5.41) is 6.99. The van der Waals surface area contributed by atoms with Crippen LogP contribution in [0.5, 0.6) is 5.75 Å². The lowest BCUT2D eigenvalue weighted by molar-refractivity contribution is -0.120. The highest BCUT2D eigenvalue weighted by Crippen LogP contribution is 2.22. The maximum absolute atomic E-state index is 12.2. The van der Waals surface area contributed by atoms with E-state index in [4.69, 9.17) is 16.3 Å². The van der Waals surface area contributed by atoms with E-state index in [1.807, 2.05) is 37.3 Å². The van der Waals surface area contributed by atoms with Gasteiger partial charge in [-0.05, 0) is 67.1 Å². The average Bonchev–Trinajstić information content (AvgIpc) is 2.79. The summed E-state index contributed by atoms with van der Waals surface area (Å²) in [6, 6.07) is 23.6. The third-order valence-electron chi connectivity index (χ3n) is 4.17. The first-order chi connectivity index (χ1) is 15.5. The van der Waals surface area contributed by atoms with E-state index in [-0.39, 0.29) is 23.7 Å². The van der Waals surface area contributed by atoms with Crippen molar-refractivity contribution in [2.24, 2.45) is 5.10 Å². The van der Waals surface area contributed by atoms with E-state index in [0.717, 1.165) is 10.5 Å². The van der Waals surface area contributed by atoms with E-state index in [2.05, 4.69) is 15.8 Å². The molecule has 0 aliphatic heterocycles. The fraction of sp³-hybridized carbons (Fsp3) is 0.125. The van der Waals surface area contributed by atoms with Gasteiger partial charge >= 0.3 is 0 Å². The second-order valence-corrected chi connectivity index (χ2v) is 8.57. The molecule has 8 heteroatoms. The third-order valence-corrected chi connectivity index (χ3v) is 5.52. The van der Waals surface area contributed by atoms with Crippen LogP contribution in [0.25, 0.3) is 0 Å². The van der Waals surface area contributed by atoms with Crippen LogP contribution in [0.2, 0.25) is 5.02 Å². The number of benzene rings is 3. The highest BCUT2D eigenvalue weighted by Gasteiger charge is 2.13. The first-order valence-corrected chi connectivity index (χ1v) is 11.1. The molecule has 0 spiro atoms. The molecule has 2 amide bonds. The van der Waals surface area contributed by atoms with Crippen LogP contribution < -0.4 is 15.5 Å². The zero-order chi connectivity index (χ0) is 22.8. The lowest BCUT2D eigenvalue weighted by Gasteiger charge is -2.09. The summed E-state index contributed by atoms with van der Waals surface area (Å²) in [6.45, 7) is 1.70. The summed E-state index contributed by atoms with van der Waals surface area (Å²) in [6.07, 6.45) is 1.55. The number of hydrogen-bond donors (Lipinski definition) is 2. The number of carbonyl (C=O) groups excluding carboxylic acids is 2. The average molecular weight is 468 g/mol. The molecule has 3 aromatic carbocycles. The number of amides is 2. The molecule has 0 saturated carbocycles. The van der Waals surface area contributed by atoms with Crippen LogP contribution in [-0.4, -0.2) is 29.9 Å². The van der Waals surface area contributed by atoms with Crippen LogP contribution in [0.4, 0.5) is 5.69 Å². The molecule has 1 atom stereocenters. The minimum atomic E-state index is -0.289. The third kappa shape index (κ3) is 7.76. The van der Waals surface area contributed by atoms with E-state index in [1.165, 1.54) is 11.8 Å². The molecule has 0 fully saturated rings. The summed E-state index contributed by atoms with van der Waals surface area (Å²) < 4.78 is 5.49. The molecule has 0 saturated heterocycles. The number of anilines is 1.